The average Bonchev–Trinajstić information content (AvgIpc) is 2.24. The van der Waals surface area contributed by atoms with Gasteiger partial charge in [0, 0.05) is 0 Å². The van der Waals surface area contributed by atoms with E-state index in [4.69, 9.17) is 4.74 Å². The van der Waals surface area contributed by atoms with Crippen molar-refractivity contribution in [3.05, 3.63) is 29.8 Å². The number of aliphatic hydroxyl groups is 1. The molecule has 1 rings (SSSR count). The fourth-order valence-electron chi connectivity index (χ4n) is 1.55. The van der Waals surface area contributed by atoms with E-state index in [1.807, 2.05) is 24.3 Å². The van der Waals surface area contributed by atoms with Crippen LogP contribution in [-0.4, -0.2) is 11.7 Å². The smallest absolute Gasteiger partial charge is 0.119 e. The Morgan fingerprint density at radius 3 is 2.62 bits per heavy atom. The van der Waals surface area contributed by atoms with Crippen molar-refractivity contribution in [1.82, 2.24) is 0 Å². The van der Waals surface area contributed by atoms with Gasteiger partial charge >= 0.3 is 0 Å². The molecule has 0 spiro atoms. The van der Waals surface area contributed by atoms with E-state index in [2.05, 4.69) is 13.8 Å². The molecule has 0 amide bonds. The molecule has 0 aromatic heterocycles. The van der Waals surface area contributed by atoms with E-state index < -0.39 is 6.10 Å². The molecule has 0 radical (unpaired) electrons. The van der Waals surface area contributed by atoms with Gasteiger partial charge in [-0.2, -0.15) is 0 Å². The van der Waals surface area contributed by atoms with E-state index in [1.165, 1.54) is 6.42 Å². The number of benzene rings is 1. The Balaban J connectivity index is 2.39. The van der Waals surface area contributed by atoms with Crippen molar-refractivity contribution < 1.29 is 9.84 Å². The van der Waals surface area contributed by atoms with E-state index in [1.54, 1.807) is 6.92 Å². The molecular formula is C14H22O2. The van der Waals surface area contributed by atoms with Gasteiger partial charge in [0.05, 0.1) is 12.7 Å². The van der Waals surface area contributed by atoms with Crippen molar-refractivity contribution >= 4 is 0 Å². The predicted molar refractivity (Wildman–Crippen MR) is 66.6 cm³/mol. The van der Waals surface area contributed by atoms with Gasteiger partial charge < -0.3 is 9.84 Å². The molecule has 2 heteroatoms. The van der Waals surface area contributed by atoms with Crippen LogP contribution in [0.15, 0.2) is 24.3 Å². The lowest BCUT2D eigenvalue weighted by Crippen LogP contribution is -2.00. The minimum absolute atomic E-state index is 0.431. The molecule has 0 aliphatic heterocycles. The number of hydrogen-bond donors (Lipinski definition) is 1. The molecule has 90 valence electrons. The molecule has 0 aliphatic carbocycles. The second-order valence-electron chi connectivity index (χ2n) is 4.63. The van der Waals surface area contributed by atoms with Gasteiger partial charge in [-0.25, -0.2) is 0 Å². The van der Waals surface area contributed by atoms with Gasteiger partial charge in [0.15, 0.2) is 0 Å². The summed E-state index contributed by atoms with van der Waals surface area (Å²) in [7, 11) is 0. The fraction of sp³-hybridized carbons (Fsp3) is 0.571. The summed E-state index contributed by atoms with van der Waals surface area (Å²) in [5.41, 5.74) is 0.904. The average molecular weight is 222 g/mol. The molecular weight excluding hydrogens is 200 g/mol. The quantitative estimate of drug-likeness (QED) is 0.746. The van der Waals surface area contributed by atoms with Crippen molar-refractivity contribution in [2.45, 2.75) is 39.7 Å². The van der Waals surface area contributed by atoms with Crippen LogP contribution in [0, 0.1) is 5.92 Å². The number of ether oxygens (including phenoxy) is 1. The SMILES string of the molecule is CC(C)CCCOc1cccc(C(C)O)c1. The zero-order chi connectivity index (χ0) is 12.0. The summed E-state index contributed by atoms with van der Waals surface area (Å²) in [6.07, 6.45) is 1.84. The molecule has 0 saturated carbocycles. The Kier molecular flexibility index (Phi) is 5.33. The summed E-state index contributed by atoms with van der Waals surface area (Å²) >= 11 is 0. The molecule has 0 saturated heterocycles. The predicted octanol–water partition coefficient (Wildman–Crippen LogP) is 3.55. The van der Waals surface area contributed by atoms with Crippen molar-refractivity contribution in [2.24, 2.45) is 5.92 Å². The number of aliphatic hydroxyl groups excluding tert-OH is 1. The van der Waals surface area contributed by atoms with E-state index >= 15 is 0 Å². The lowest BCUT2D eigenvalue weighted by molar-refractivity contribution is 0.198. The Bertz CT molecular complexity index is 305. The van der Waals surface area contributed by atoms with Crippen LogP contribution in [0.25, 0.3) is 0 Å². The van der Waals surface area contributed by atoms with Gasteiger partial charge in [0.2, 0.25) is 0 Å². The summed E-state index contributed by atoms with van der Waals surface area (Å²) in [6, 6.07) is 7.66. The third kappa shape index (κ3) is 4.67. The zero-order valence-corrected chi connectivity index (χ0v) is 10.4. The van der Waals surface area contributed by atoms with Crippen LogP contribution in [0.1, 0.15) is 45.3 Å². The Morgan fingerprint density at radius 2 is 2.00 bits per heavy atom. The third-order valence-corrected chi connectivity index (χ3v) is 2.54. The fourth-order valence-corrected chi connectivity index (χ4v) is 1.55. The van der Waals surface area contributed by atoms with Crippen LogP contribution >= 0.6 is 0 Å². The molecule has 0 heterocycles. The minimum atomic E-state index is -0.431. The maximum atomic E-state index is 9.44. The Morgan fingerprint density at radius 1 is 1.25 bits per heavy atom. The maximum absolute atomic E-state index is 9.44. The Labute approximate surface area is 98.3 Å². The minimum Gasteiger partial charge on any atom is -0.494 e. The molecule has 0 aliphatic rings. The summed E-state index contributed by atoms with van der Waals surface area (Å²) in [5, 5.41) is 9.44. The molecule has 1 atom stereocenters. The number of hydrogen-bond acceptors (Lipinski definition) is 2. The van der Waals surface area contributed by atoms with Gasteiger partial charge in [-0.1, -0.05) is 26.0 Å². The van der Waals surface area contributed by atoms with Gasteiger partial charge in [-0.15, -0.1) is 0 Å². The van der Waals surface area contributed by atoms with E-state index in [0.717, 1.165) is 30.3 Å². The zero-order valence-electron chi connectivity index (χ0n) is 10.4. The maximum Gasteiger partial charge on any atom is 0.119 e. The molecule has 0 fully saturated rings. The number of rotatable bonds is 6. The van der Waals surface area contributed by atoms with Crippen molar-refractivity contribution in [3.8, 4) is 5.75 Å². The van der Waals surface area contributed by atoms with Gasteiger partial charge in [0.1, 0.15) is 5.75 Å². The second-order valence-corrected chi connectivity index (χ2v) is 4.63. The highest BCUT2D eigenvalue weighted by Gasteiger charge is 2.02. The van der Waals surface area contributed by atoms with Crippen LogP contribution in [0.3, 0.4) is 0 Å². The first kappa shape index (κ1) is 13.0. The first-order valence-electron chi connectivity index (χ1n) is 6.00. The molecule has 1 N–H and O–H groups in total. The molecule has 1 unspecified atom stereocenters. The second kappa shape index (κ2) is 6.54. The van der Waals surface area contributed by atoms with Crippen LogP contribution in [0.2, 0.25) is 0 Å². The Hall–Kier alpha value is -1.02. The molecule has 0 bridgehead atoms. The summed E-state index contributed by atoms with van der Waals surface area (Å²) in [4.78, 5) is 0. The third-order valence-electron chi connectivity index (χ3n) is 2.54. The standard InChI is InChI=1S/C14H22O2/c1-11(2)6-5-9-16-14-8-4-7-13(10-14)12(3)15/h4,7-8,10-12,15H,5-6,9H2,1-3H3. The van der Waals surface area contributed by atoms with E-state index in [0.29, 0.717) is 0 Å². The molecule has 16 heavy (non-hydrogen) atoms. The summed E-state index contributed by atoms with van der Waals surface area (Å²) < 4.78 is 5.64. The van der Waals surface area contributed by atoms with E-state index in [9.17, 15) is 5.11 Å². The van der Waals surface area contributed by atoms with E-state index in [-0.39, 0.29) is 0 Å². The van der Waals surface area contributed by atoms with Crippen LogP contribution in [0.4, 0.5) is 0 Å². The molecule has 1 aromatic rings. The topological polar surface area (TPSA) is 29.5 Å². The molecule has 2 nitrogen and oxygen atoms in total. The van der Waals surface area contributed by atoms with Crippen molar-refractivity contribution in [3.63, 3.8) is 0 Å². The van der Waals surface area contributed by atoms with Crippen LogP contribution in [0.5, 0.6) is 5.75 Å². The largest absolute Gasteiger partial charge is 0.494 e. The first-order chi connectivity index (χ1) is 7.59. The van der Waals surface area contributed by atoms with Crippen LogP contribution < -0.4 is 4.74 Å². The highest BCUT2D eigenvalue weighted by Crippen LogP contribution is 2.19. The van der Waals surface area contributed by atoms with Crippen molar-refractivity contribution in [1.29, 1.82) is 0 Å². The summed E-state index contributed by atoms with van der Waals surface area (Å²) in [6.45, 7) is 6.95. The van der Waals surface area contributed by atoms with Gasteiger partial charge in [-0.3, -0.25) is 0 Å². The monoisotopic (exact) mass is 222 g/mol. The summed E-state index contributed by atoms with van der Waals surface area (Å²) in [5.74, 6) is 1.58. The van der Waals surface area contributed by atoms with Crippen LogP contribution in [-0.2, 0) is 0 Å². The van der Waals surface area contributed by atoms with Gasteiger partial charge in [0.25, 0.3) is 0 Å². The highest BCUT2D eigenvalue weighted by atomic mass is 16.5. The van der Waals surface area contributed by atoms with Gasteiger partial charge in [-0.05, 0) is 43.4 Å². The highest BCUT2D eigenvalue weighted by molar-refractivity contribution is 5.29. The normalized spacial score (nSPS) is 12.8. The lowest BCUT2D eigenvalue weighted by Gasteiger charge is -2.10. The molecule has 1 aromatic carbocycles. The van der Waals surface area contributed by atoms with Crippen molar-refractivity contribution in [2.75, 3.05) is 6.61 Å². The first-order valence-corrected chi connectivity index (χ1v) is 6.00. The lowest BCUT2D eigenvalue weighted by atomic mass is 10.1.